The standard InChI is InChI=1S/C26H25ClN2O2S2/c27-20-11-5-6-12-21(20)31-16-17-32-26-28-24-23(19-10-4-7-13-22(19)33-24)25(30)29(26)15-14-18-8-2-1-3-9-18/h1-3,5-6,8-9,11-12H,4,7,10,13-17H2. The highest BCUT2D eigenvalue weighted by atomic mass is 35.5. The van der Waals surface area contributed by atoms with Gasteiger partial charge in [0.25, 0.3) is 5.56 Å². The topological polar surface area (TPSA) is 44.1 Å². The number of halogens is 1. The van der Waals surface area contributed by atoms with Gasteiger partial charge in [-0.25, -0.2) is 4.98 Å². The molecular weight excluding hydrogens is 472 g/mol. The molecule has 0 unspecified atom stereocenters. The largest absolute Gasteiger partial charge is 0.491 e. The van der Waals surface area contributed by atoms with Crippen molar-refractivity contribution in [3.63, 3.8) is 0 Å². The summed E-state index contributed by atoms with van der Waals surface area (Å²) in [5.74, 6) is 1.36. The normalized spacial score (nSPS) is 13.2. The van der Waals surface area contributed by atoms with Gasteiger partial charge >= 0.3 is 0 Å². The van der Waals surface area contributed by atoms with Crippen LogP contribution in [0.15, 0.2) is 64.5 Å². The minimum Gasteiger partial charge on any atom is -0.491 e. The van der Waals surface area contributed by atoms with E-state index >= 15 is 0 Å². The zero-order valence-electron chi connectivity index (χ0n) is 18.3. The monoisotopic (exact) mass is 496 g/mol. The number of ether oxygens (including phenoxy) is 1. The van der Waals surface area contributed by atoms with E-state index < -0.39 is 0 Å². The molecule has 0 N–H and O–H groups in total. The fraction of sp³-hybridized carbons (Fsp3) is 0.308. The van der Waals surface area contributed by atoms with Crippen LogP contribution in [-0.2, 0) is 25.8 Å². The summed E-state index contributed by atoms with van der Waals surface area (Å²) in [5, 5.41) is 2.22. The summed E-state index contributed by atoms with van der Waals surface area (Å²) in [6.07, 6.45) is 5.20. The molecule has 0 radical (unpaired) electrons. The Labute approximate surface area is 206 Å². The molecule has 7 heteroatoms. The first-order valence-corrected chi connectivity index (χ1v) is 13.5. The zero-order chi connectivity index (χ0) is 22.6. The highest BCUT2D eigenvalue weighted by Gasteiger charge is 2.22. The van der Waals surface area contributed by atoms with Crippen molar-refractivity contribution < 1.29 is 4.74 Å². The van der Waals surface area contributed by atoms with Crippen molar-refractivity contribution in [3.05, 3.63) is 86.0 Å². The Morgan fingerprint density at radius 2 is 1.85 bits per heavy atom. The maximum Gasteiger partial charge on any atom is 0.263 e. The summed E-state index contributed by atoms with van der Waals surface area (Å²) in [6, 6.07) is 17.8. The first kappa shape index (κ1) is 22.5. The summed E-state index contributed by atoms with van der Waals surface area (Å²) in [6.45, 7) is 1.10. The number of aromatic nitrogens is 2. The second-order valence-electron chi connectivity index (χ2n) is 8.11. The van der Waals surface area contributed by atoms with Crippen LogP contribution in [0.2, 0.25) is 5.02 Å². The van der Waals surface area contributed by atoms with Crippen LogP contribution in [0.5, 0.6) is 5.75 Å². The molecule has 0 fully saturated rings. The molecule has 1 aliphatic rings. The minimum absolute atomic E-state index is 0.102. The highest BCUT2D eigenvalue weighted by molar-refractivity contribution is 7.99. The quantitative estimate of drug-likeness (QED) is 0.161. The Morgan fingerprint density at radius 1 is 1.06 bits per heavy atom. The first-order valence-electron chi connectivity index (χ1n) is 11.3. The van der Waals surface area contributed by atoms with Gasteiger partial charge in [0.05, 0.1) is 17.0 Å². The molecule has 0 bridgehead atoms. The second kappa shape index (κ2) is 10.3. The van der Waals surface area contributed by atoms with E-state index in [9.17, 15) is 4.79 Å². The average Bonchev–Trinajstić information content (AvgIpc) is 3.22. The van der Waals surface area contributed by atoms with Gasteiger partial charge in [0.2, 0.25) is 0 Å². The van der Waals surface area contributed by atoms with E-state index in [1.807, 2.05) is 47.0 Å². The van der Waals surface area contributed by atoms with Crippen molar-refractivity contribution in [2.75, 3.05) is 12.4 Å². The van der Waals surface area contributed by atoms with E-state index in [4.69, 9.17) is 21.3 Å². The van der Waals surface area contributed by atoms with Crippen LogP contribution in [0.25, 0.3) is 10.2 Å². The van der Waals surface area contributed by atoms with E-state index in [0.717, 1.165) is 41.1 Å². The van der Waals surface area contributed by atoms with Crippen molar-refractivity contribution in [2.24, 2.45) is 0 Å². The molecule has 2 aromatic carbocycles. The number of para-hydroxylation sites is 1. The summed E-state index contributed by atoms with van der Waals surface area (Å²) < 4.78 is 7.72. The van der Waals surface area contributed by atoms with Crippen LogP contribution >= 0.6 is 34.7 Å². The Kier molecular flexibility index (Phi) is 7.04. The third kappa shape index (κ3) is 4.98. The van der Waals surface area contributed by atoms with Crippen LogP contribution in [0.3, 0.4) is 0 Å². The smallest absolute Gasteiger partial charge is 0.263 e. The van der Waals surface area contributed by atoms with Gasteiger partial charge in [0, 0.05) is 17.2 Å². The van der Waals surface area contributed by atoms with Crippen molar-refractivity contribution in [3.8, 4) is 5.75 Å². The Balaban J connectivity index is 1.41. The Hall–Kier alpha value is -2.28. The molecule has 0 saturated heterocycles. The molecule has 5 rings (SSSR count). The number of thiophene rings is 1. The van der Waals surface area contributed by atoms with Crippen molar-refractivity contribution in [1.29, 1.82) is 0 Å². The van der Waals surface area contributed by atoms with Crippen LogP contribution in [-0.4, -0.2) is 21.9 Å². The fourth-order valence-electron chi connectivity index (χ4n) is 4.26. The van der Waals surface area contributed by atoms with Crippen molar-refractivity contribution >= 4 is 44.9 Å². The number of fused-ring (bicyclic) bond motifs is 3. The molecule has 4 nitrogen and oxygen atoms in total. The number of thioether (sulfide) groups is 1. The molecule has 0 saturated carbocycles. The number of hydrogen-bond acceptors (Lipinski definition) is 5. The molecular formula is C26H25ClN2O2S2. The van der Waals surface area contributed by atoms with Crippen LogP contribution in [0.4, 0.5) is 0 Å². The van der Waals surface area contributed by atoms with E-state index in [2.05, 4.69) is 12.1 Å². The summed E-state index contributed by atoms with van der Waals surface area (Å²) in [5.41, 5.74) is 2.56. The lowest BCUT2D eigenvalue weighted by molar-refractivity contribution is 0.344. The SMILES string of the molecule is O=c1c2c3c(sc2nc(SCCOc2ccccc2Cl)n1CCc1ccccc1)CCCC3. The van der Waals surface area contributed by atoms with E-state index in [0.29, 0.717) is 29.7 Å². The molecule has 2 heterocycles. The van der Waals surface area contributed by atoms with E-state index in [-0.39, 0.29) is 5.56 Å². The maximum absolute atomic E-state index is 13.7. The van der Waals surface area contributed by atoms with E-state index in [1.165, 1.54) is 22.4 Å². The predicted octanol–water partition coefficient (Wildman–Crippen LogP) is 6.40. The molecule has 33 heavy (non-hydrogen) atoms. The summed E-state index contributed by atoms with van der Waals surface area (Å²) >= 11 is 9.47. The molecule has 0 atom stereocenters. The number of benzene rings is 2. The van der Waals surface area contributed by atoms with Gasteiger partial charge < -0.3 is 4.74 Å². The van der Waals surface area contributed by atoms with Crippen LogP contribution in [0, 0.1) is 0 Å². The number of nitrogens with zero attached hydrogens (tertiary/aromatic N) is 2. The van der Waals surface area contributed by atoms with Gasteiger partial charge in [-0.05, 0) is 55.4 Å². The lowest BCUT2D eigenvalue weighted by Crippen LogP contribution is -2.25. The van der Waals surface area contributed by atoms with Gasteiger partial charge in [-0.1, -0.05) is 65.8 Å². The first-order chi connectivity index (χ1) is 16.2. The van der Waals surface area contributed by atoms with Gasteiger partial charge in [-0.15, -0.1) is 11.3 Å². The fourth-order valence-corrected chi connectivity index (χ4v) is 6.59. The lowest BCUT2D eigenvalue weighted by atomic mass is 9.97. The van der Waals surface area contributed by atoms with Gasteiger partial charge in [-0.2, -0.15) is 0 Å². The Bertz CT molecular complexity index is 1320. The highest BCUT2D eigenvalue weighted by Crippen LogP contribution is 2.34. The van der Waals surface area contributed by atoms with Gasteiger partial charge in [0.15, 0.2) is 5.16 Å². The number of aryl methyl sites for hydroxylation is 3. The third-order valence-corrected chi connectivity index (χ3v) is 8.35. The van der Waals surface area contributed by atoms with Crippen molar-refractivity contribution in [2.45, 2.75) is 43.8 Å². The lowest BCUT2D eigenvalue weighted by Gasteiger charge is -2.14. The predicted molar refractivity (Wildman–Crippen MR) is 138 cm³/mol. The molecule has 4 aromatic rings. The molecule has 0 amide bonds. The van der Waals surface area contributed by atoms with Crippen molar-refractivity contribution in [1.82, 2.24) is 9.55 Å². The zero-order valence-corrected chi connectivity index (χ0v) is 20.6. The molecule has 0 spiro atoms. The molecule has 2 aromatic heterocycles. The van der Waals surface area contributed by atoms with Gasteiger partial charge in [0.1, 0.15) is 10.6 Å². The number of hydrogen-bond donors (Lipinski definition) is 0. The maximum atomic E-state index is 13.7. The number of rotatable bonds is 8. The summed E-state index contributed by atoms with van der Waals surface area (Å²) in [4.78, 5) is 20.9. The average molecular weight is 497 g/mol. The molecule has 1 aliphatic carbocycles. The molecule has 170 valence electrons. The van der Waals surface area contributed by atoms with E-state index in [1.54, 1.807) is 23.1 Å². The summed E-state index contributed by atoms with van der Waals surface area (Å²) in [7, 11) is 0. The Morgan fingerprint density at radius 3 is 2.70 bits per heavy atom. The molecule has 0 aliphatic heterocycles. The van der Waals surface area contributed by atoms with Gasteiger partial charge in [-0.3, -0.25) is 9.36 Å². The van der Waals surface area contributed by atoms with Crippen LogP contribution < -0.4 is 10.3 Å². The van der Waals surface area contributed by atoms with Crippen LogP contribution in [0.1, 0.15) is 28.8 Å². The minimum atomic E-state index is 0.102. The third-order valence-electron chi connectivity index (χ3n) is 5.92. The second-order valence-corrected chi connectivity index (χ2v) is 10.7.